The van der Waals surface area contributed by atoms with Crippen LogP contribution in [0.3, 0.4) is 0 Å². The van der Waals surface area contributed by atoms with Crippen molar-refractivity contribution in [3.63, 3.8) is 0 Å². The van der Waals surface area contributed by atoms with Crippen LogP contribution >= 0.6 is 27.5 Å². The van der Waals surface area contributed by atoms with Gasteiger partial charge in [0.25, 0.3) is 0 Å². The van der Waals surface area contributed by atoms with Crippen LogP contribution in [0.4, 0.5) is 0 Å². The maximum atomic E-state index is 6.58. The predicted octanol–water partition coefficient (Wildman–Crippen LogP) is 5.18. The van der Waals surface area contributed by atoms with Crippen LogP contribution in [0.15, 0.2) is 16.6 Å². The Hall–Kier alpha value is -0.410. The zero-order valence-corrected chi connectivity index (χ0v) is 13.6. The van der Waals surface area contributed by atoms with Crippen LogP contribution in [0, 0.1) is 5.92 Å². The van der Waals surface area contributed by atoms with E-state index < -0.39 is 0 Å². The molecule has 0 spiro atoms. The molecule has 0 fully saturated rings. The van der Waals surface area contributed by atoms with Gasteiger partial charge < -0.3 is 9.47 Å². The van der Waals surface area contributed by atoms with Crippen molar-refractivity contribution < 1.29 is 9.47 Å². The summed E-state index contributed by atoms with van der Waals surface area (Å²) in [7, 11) is 3.26. The molecule has 0 N–H and O–H groups in total. The fourth-order valence-electron chi connectivity index (χ4n) is 2.04. The largest absolute Gasteiger partial charge is 0.493 e. The van der Waals surface area contributed by atoms with Gasteiger partial charge in [0, 0.05) is 4.47 Å². The van der Waals surface area contributed by atoms with E-state index in [1.165, 1.54) is 0 Å². The maximum absolute atomic E-state index is 6.58. The molecule has 1 rings (SSSR count). The van der Waals surface area contributed by atoms with Crippen molar-refractivity contribution in [3.05, 3.63) is 22.2 Å². The molecule has 2 nitrogen and oxygen atoms in total. The smallest absolute Gasteiger partial charge is 0.161 e. The highest BCUT2D eigenvalue weighted by Crippen LogP contribution is 2.42. The van der Waals surface area contributed by atoms with Gasteiger partial charge in [0.1, 0.15) is 0 Å². The minimum absolute atomic E-state index is 0.0193. The number of ether oxygens (including phenoxy) is 2. The van der Waals surface area contributed by atoms with Crippen molar-refractivity contribution in [2.24, 2.45) is 5.92 Å². The number of hydrogen-bond acceptors (Lipinski definition) is 2. The first-order valence-corrected chi connectivity index (χ1v) is 7.37. The monoisotopic (exact) mass is 334 g/mol. The summed E-state index contributed by atoms with van der Waals surface area (Å²) in [6.07, 6.45) is 2.12. The van der Waals surface area contributed by atoms with Crippen LogP contribution in [-0.4, -0.2) is 14.2 Å². The van der Waals surface area contributed by atoms with Crippen LogP contribution in [0.5, 0.6) is 11.5 Å². The third-order valence-electron chi connectivity index (χ3n) is 3.26. The summed E-state index contributed by atoms with van der Waals surface area (Å²) in [5, 5.41) is -0.0193. The van der Waals surface area contributed by atoms with Gasteiger partial charge in [-0.1, -0.05) is 42.6 Å². The van der Waals surface area contributed by atoms with Crippen LogP contribution in [0.1, 0.15) is 37.6 Å². The number of rotatable bonds is 6. The average molecular weight is 336 g/mol. The van der Waals surface area contributed by atoms with E-state index in [2.05, 4.69) is 29.8 Å². The molecule has 1 atom stereocenters. The Morgan fingerprint density at radius 3 is 2.06 bits per heavy atom. The second-order valence-electron chi connectivity index (χ2n) is 4.21. The van der Waals surface area contributed by atoms with Crippen molar-refractivity contribution in [3.8, 4) is 11.5 Å². The summed E-state index contributed by atoms with van der Waals surface area (Å²) in [5.74, 6) is 1.88. The van der Waals surface area contributed by atoms with Gasteiger partial charge >= 0.3 is 0 Å². The van der Waals surface area contributed by atoms with Gasteiger partial charge in [-0.2, -0.15) is 0 Å². The number of alkyl halides is 1. The molecule has 0 bridgehead atoms. The quantitative estimate of drug-likeness (QED) is 0.667. The summed E-state index contributed by atoms with van der Waals surface area (Å²) in [5.41, 5.74) is 1.06. The van der Waals surface area contributed by atoms with E-state index in [1.54, 1.807) is 14.2 Å². The minimum Gasteiger partial charge on any atom is -0.493 e. The molecule has 1 unspecified atom stereocenters. The van der Waals surface area contributed by atoms with E-state index in [9.17, 15) is 0 Å². The molecule has 0 aromatic heterocycles. The Labute approximate surface area is 123 Å². The lowest BCUT2D eigenvalue weighted by Crippen LogP contribution is -2.07. The average Bonchev–Trinajstić information content (AvgIpc) is 2.39. The molecule has 0 amide bonds. The zero-order valence-electron chi connectivity index (χ0n) is 11.3. The first kappa shape index (κ1) is 15.6. The lowest BCUT2D eigenvalue weighted by atomic mass is 9.94. The molecule has 1 aromatic carbocycles. The van der Waals surface area contributed by atoms with Gasteiger partial charge in [0.05, 0.1) is 19.6 Å². The summed E-state index contributed by atoms with van der Waals surface area (Å²) < 4.78 is 11.6. The van der Waals surface area contributed by atoms with E-state index >= 15 is 0 Å². The third-order valence-corrected chi connectivity index (χ3v) is 4.54. The molecule has 0 aliphatic rings. The number of methoxy groups -OCH3 is 2. The molecule has 0 aliphatic carbocycles. The lowest BCUT2D eigenvalue weighted by Gasteiger charge is -2.22. The molecular weight excluding hydrogens is 316 g/mol. The van der Waals surface area contributed by atoms with Crippen LogP contribution in [0.2, 0.25) is 0 Å². The second-order valence-corrected chi connectivity index (χ2v) is 5.53. The Morgan fingerprint density at radius 2 is 1.61 bits per heavy atom. The molecule has 0 saturated heterocycles. The van der Waals surface area contributed by atoms with E-state index in [0.29, 0.717) is 17.4 Å². The van der Waals surface area contributed by atoms with Gasteiger partial charge in [-0.25, -0.2) is 0 Å². The number of hydrogen-bond donors (Lipinski definition) is 0. The normalized spacial score (nSPS) is 12.6. The molecule has 1 aromatic rings. The zero-order chi connectivity index (χ0) is 13.7. The summed E-state index contributed by atoms with van der Waals surface area (Å²) >= 11 is 10.1. The Kier molecular flexibility index (Phi) is 6.30. The first-order chi connectivity index (χ1) is 8.58. The predicted molar refractivity (Wildman–Crippen MR) is 79.9 cm³/mol. The van der Waals surface area contributed by atoms with Crippen molar-refractivity contribution >= 4 is 27.5 Å². The van der Waals surface area contributed by atoms with E-state index in [4.69, 9.17) is 21.1 Å². The molecule has 18 heavy (non-hydrogen) atoms. The standard InChI is InChI=1S/C14H20BrClO2/c1-5-9(6-2)14(16)10-7-12(17-3)13(18-4)8-11(10)15/h7-9,14H,5-6H2,1-4H3. The third kappa shape index (κ3) is 3.33. The summed E-state index contributed by atoms with van der Waals surface area (Å²) in [6.45, 7) is 4.33. The molecule has 4 heteroatoms. The number of halogens is 2. The molecule has 0 heterocycles. The fourth-order valence-corrected chi connectivity index (χ4v) is 3.28. The molecule has 0 saturated carbocycles. The highest BCUT2D eigenvalue weighted by atomic mass is 79.9. The highest BCUT2D eigenvalue weighted by Gasteiger charge is 2.22. The van der Waals surface area contributed by atoms with E-state index in [1.807, 2.05) is 12.1 Å². The van der Waals surface area contributed by atoms with Crippen molar-refractivity contribution in [2.75, 3.05) is 14.2 Å². The van der Waals surface area contributed by atoms with Gasteiger partial charge in [-0.3, -0.25) is 0 Å². The summed E-state index contributed by atoms with van der Waals surface area (Å²) in [6, 6.07) is 3.87. The highest BCUT2D eigenvalue weighted by molar-refractivity contribution is 9.10. The Morgan fingerprint density at radius 1 is 1.11 bits per heavy atom. The van der Waals surface area contributed by atoms with Gasteiger partial charge in [-0.05, 0) is 23.6 Å². The van der Waals surface area contributed by atoms with Gasteiger partial charge in [0.2, 0.25) is 0 Å². The van der Waals surface area contributed by atoms with E-state index in [-0.39, 0.29) is 5.38 Å². The fraction of sp³-hybridized carbons (Fsp3) is 0.571. The molecule has 0 radical (unpaired) electrons. The maximum Gasteiger partial charge on any atom is 0.161 e. The number of benzene rings is 1. The van der Waals surface area contributed by atoms with Crippen molar-refractivity contribution in [1.82, 2.24) is 0 Å². The second kappa shape index (κ2) is 7.25. The lowest BCUT2D eigenvalue weighted by molar-refractivity contribution is 0.353. The van der Waals surface area contributed by atoms with Crippen molar-refractivity contribution in [1.29, 1.82) is 0 Å². The van der Waals surface area contributed by atoms with Crippen LogP contribution in [0.25, 0.3) is 0 Å². The van der Waals surface area contributed by atoms with Gasteiger partial charge in [0.15, 0.2) is 11.5 Å². The van der Waals surface area contributed by atoms with Crippen LogP contribution in [-0.2, 0) is 0 Å². The topological polar surface area (TPSA) is 18.5 Å². The Bertz CT molecular complexity index is 392. The Balaban J connectivity index is 3.16. The van der Waals surface area contributed by atoms with Gasteiger partial charge in [-0.15, -0.1) is 11.6 Å². The minimum atomic E-state index is -0.0193. The van der Waals surface area contributed by atoms with Crippen LogP contribution < -0.4 is 9.47 Å². The van der Waals surface area contributed by atoms with E-state index in [0.717, 1.165) is 22.9 Å². The first-order valence-electron chi connectivity index (χ1n) is 6.14. The molecule has 102 valence electrons. The molecule has 0 aliphatic heterocycles. The SMILES string of the molecule is CCC(CC)C(Cl)c1cc(OC)c(OC)cc1Br. The summed E-state index contributed by atoms with van der Waals surface area (Å²) in [4.78, 5) is 0. The van der Waals surface area contributed by atoms with Crippen molar-refractivity contribution in [2.45, 2.75) is 32.1 Å². The molecular formula is C14H20BrClO2.